The summed E-state index contributed by atoms with van der Waals surface area (Å²) >= 11 is 0. The van der Waals surface area contributed by atoms with E-state index < -0.39 is 11.7 Å². The Morgan fingerprint density at radius 3 is 2.36 bits per heavy atom. The van der Waals surface area contributed by atoms with Crippen LogP contribution < -0.4 is 20.1 Å². The number of alkyl carbamates (subject to hydrolysis) is 1. The van der Waals surface area contributed by atoms with E-state index in [1.165, 1.54) is 0 Å². The molecule has 33 heavy (non-hydrogen) atoms. The monoisotopic (exact) mass is 458 g/mol. The predicted molar refractivity (Wildman–Crippen MR) is 127 cm³/mol. The number of aromatic nitrogens is 4. The van der Waals surface area contributed by atoms with Crippen molar-refractivity contribution in [1.29, 1.82) is 0 Å². The zero-order valence-electron chi connectivity index (χ0n) is 20.5. The van der Waals surface area contributed by atoms with Crippen LogP contribution >= 0.6 is 0 Å². The lowest BCUT2D eigenvalue weighted by Gasteiger charge is -2.19. The summed E-state index contributed by atoms with van der Waals surface area (Å²) in [6, 6.07) is 3.75. The normalized spacial score (nSPS) is 11.8. The number of amides is 1. The first-order valence-corrected chi connectivity index (χ1v) is 11.2. The summed E-state index contributed by atoms with van der Waals surface area (Å²) in [5.74, 6) is 2.89. The minimum Gasteiger partial charge on any atom is -0.493 e. The second-order valence-corrected chi connectivity index (χ2v) is 9.09. The molecule has 0 unspecified atom stereocenters. The van der Waals surface area contributed by atoms with Gasteiger partial charge in [-0.1, -0.05) is 13.8 Å². The average Bonchev–Trinajstić information content (AvgIpc) is 3.19. The molecule has 0 atom stereocenters. The number of rotatable bonds is 9. The molecule has 10 nitrogen and oxygen atoms in total. The van der Waals surface area contributed by atoms with Gasteiger partial charge in [0.25, 0.3) is 0 Å². The van der Waals surface area contributed by atoms with E-state index in [1.54, 1.807) is 14.2 Å². The van der Waals surface area contributed by atoms with E-state index in [1.807, 2.05) is 37.3 Å². The highest BCUT2D eigenvalue weighted by Crippen LogP contribution is 2.34. The highest BCUT2D eigenvalue weighted by molar-refractivity contribution is 5.86. The van der Waals surface area contributed by atoms with Gasteiger partial charge in [0.1, 0.15) is 11.4 Å². The van der Waals surface area contributed by atoms with Gasteiger partial charge in [0.2, 0.25) is 5.65 Å². The minimum atomic E-state index is -0.501. The maximum absolute atomic E-state index is 11.7. The molecular formula is C23H34N6O4. The van der Waals surface area contributed by atoms with E-state index in [2.05, 4.69) is 34.7 Å². The van der Waals surface area contributed by atoms with Gasteiger partial charge in [-0.25, -0.2) is 9.78 Å². The molecule has 3 aromatic rings. The lowest BCUT2D eigenvalue weighted by molar-refractivity contribution is 0.0527. The van der Waals surface area contributed by atoms with Crippen LogP contribution in [-0.4, -0.2) is 58.6 Å². The Kier molecular flexibility index (Phi) is 7.45. The van der Waals surface area contributed by atoms with Crippen LogP contribution in [0.15, 0.2) is 12.1 Å². The highest BCUT2D eigenvalue weighted by atomic mass is 16.6. The molecule has 0 radical (unpaired) electrons. The van der Waals surface area contributed by atoms with Gasteiger partial charge in [0.15, 0.2) is 17.3 Å². The maximum atomic E-state index is 11.7. The zero-order chi connectivity index (χ0) is 24.2. The predicted octanol–water partition coefficient (Wildman–Crippen LogP) is 4.13. The van der Waals surface area contributed by atoms with Gasteiger partial charge in [0.05, 0.1) is 25.3 Å². The Morgan fingerprint density at radius 2 is 1.73 bits per heavy atom. The zero-order valence-corrected chi connectivity index (χ0v) is 20.5. The highest BCUT2D eigenvalue weighted by Gasteiger charge is 2.19. The number of carbonyl (C=O) groups is 1. The number of unbranched alkanes of at least 4 members (excludes halogenated alkanes) is 1. The fraction of sp³-hybridized carbons (Fsp3) is 0.565. The second-order valence-electron chi connectivity index (χ2n) is 9.09. The minimum absolute atomic E-state index is 0.172. The molecule has 0 spiro atoms. The topological polar surface area (TPSA) is 112 Å². The molecule has 180 valence electrons. The molecule has 10 heteroatoms. The number of ether oxygens (including phenoxy) is 3. The van der Waals surface area contributed by atoms with Crippen molar-refractivity contribution in [3.8, 4) is 11.5 Å². The summed E-state index contributed by atoms with van der Waals surface area (Å²) in [4.78, 5) is 16.5. The van der Waals surface area contributed by atoms with Gasteiger partial charge in [-0.3, -0.25) is 4.40 Å². The molecule has 0 bridgehead atoms. The summed E-state index contributed by atoms with van der Waals surface area (Å²) in [6.07, 6.45) is 1.23. The van der Waals surface area contributed by atoms with Crippen LogP contribution in [-0.2, 0) is 4.74 Å². The third-order valence-corrected chi connectivity index (χ3v) is 4.93. The first kappa shape index (κ1) is 24.3. The van der Waals surface area contributed by atoms with Gasteiger partial charge in [0, 0.05) is 31.1 Å². The van der Waals surface area contributed by atoms with Crippen molar-refractivity contribution in [2.45, 2.75) is 59.0 Å². The summed E-state index contributed by atoms with van der Waals surface area (Å²) < 4.78 is 18.2. The number of nitrogens with zero attached hydrogens (tertiary/aromatic N) is 4. The van der Waals surface area contributed by atoms with Crippen LogP contribution in [0.4, 0.5) is 10.6 Å². The molecule has 2 aromatic heterocycles. The maximum Gasteiger partial charge on any atom is 0.407 e. The lowest BCUT2D eigenvalue weighted by Crippen LogP contribution is -2.33. The molecule has 1 amide bonds. The van der Waals surface area contributed by atoms with E-state index in [4.69, 9.17) is 19.2 Å². The quantitative estimate of drug-likeness (QED) is 0.460. The van der Waals surface area contributed by atoms with Crippen molar-refractivity contribution in [3.63, 3.8) is 0 Å². The van der Waals surface area contributed by atoms with Gasteiger partial charge in [-0.05, 0) is 33.6 Å². The van der Waals surface area contributed by atoms with Crippen molar-refractivity contribution >= 4 is 28.6 Å². The van der Waals surface area contributed by atoms with Crippen LogP contribution in [0.5, 0.6) is 11.5 Å². The molecular weight excluding hydrogens is 424 g/mol. The molecule has 2 N–H and O–H groups in total. The first-order chi connectivity index (χ1) is 15.6. The Bertz CT molecular complexity index is 1120. The smallest absolute Gasteiger partial charge is 0.407 e. The second kappa shape index (κ2) is 10.1. The molecule has 1 aromatic carbocycles. The van der Waals surface area contributed by atoms with E-state index in [0.717, 1.165) is 29.7 Å². The van der Waals surface area contributed by atoms with Crippen molar-refractivity contribution in [2.24, 2.45) is 0 Å². The van der Waals surface area contributed by atoms with Gasteiger partial charge < -0.3 is 24.8 Å². The fourth-order valence-corrected chi connectivity index (χ4v) is 3.44. The number of carbonyl (C=O) groups excluding carboxylic acids is 1. The molecule has 0 fully saturated rings. The standard InChI is InChI=1S/C23H34N6O4/c1-14(2)20-27-28-21-19(24-10-8-9-11-25-22(30)33-23(3,4)5)26-15-12-17(31-6)18(32-7)13-16(15)29(20)21/h12-14H,8-11H2,1-7H3,(H,24,26)(H,25,30). The summed E-state index contributed by atoms with van der Waals surface area (Å²) in [6.45, 7) is 10.9. The van der Waals surface area contributed by atoms with Gasteiger partial charge >= 0.3 is 6.09 Å². The number of nitrogens with one attached hydrogen (secondary N) is 2. The first-order valence-electron chi connectivity index (χ1n) is 11.2. The molecule has 2 heterocycles. The largest absolute Gasteiger partial charge is 0.493 e. The molecule has 3 rings (SSSR count). The average molecular weight is 459 g/mol. The van der Waals surface area contributed by atoms with Crippen molar-refractivity contribution in [1.82, 2.24) is 24.9 Å². The number of anilines is 1. The van der Waals surface area contributed by atoms with Gasteiger partial charge in [-0.2, -0.15) is 0 Å². The summed E-state index contributed by atoms with van der Waals surface area (Å²) in [5, 5.41) is 15.0. The Balaban J connectivity index is 1.76. The summed E-state index contributed by atoms with van der Waals surface area (Å²) in [7, 11) is 3.21. The van der Waals surface area contributed by atoms with E-state index in [0.29, 0.717) is 36.1 Å². The number of hydrogen-bond donors (Lipinski definition) is 2. The third-order valence-electron chi connectivity index (χ3n) is 4.93. The molecule has 0 aliphatic carbocycles. The third kappa shape index (κ3) is 5.74. The number of fused-ring (bicyclic) bond motifs is 3. The molecule has 0 saturated heterocycles. The van der Waals surface area contributed by atoms with Crippen molar-refractivity contribution in [3.05, 3.63) is 18.0 Å². The Labute approximate surface area is 194 Å². The Hall–Kier alpha value is -3.30. The van der Waals surface area contributed by atoms with Crippen LogP contribution in [0, 0.1) is 0 Å². The van der Waals surface area contributed by atoms with E-state index in [9.17, 15) is 4.79 Å². The molecule has 0 saturated carbocycles. The van der Waals surface area contributed by atoms with Gasteiger partial charge in [-0.15, -0.1) is 10.2 Å². The number of methoxy groups -OCH3 is 2. The van der Waals surface area contributed by atoms with Crippen molar-refractivity contribution in [2.75, 3.05) is 32.6 Å². The Morgan fingerprint density at radius 1 is 1.06 bits per heavy atom. The number of benzene rings is 1. The SMILES string of the molecule is COc1cc2nc(NCCCCNC(=O)OC(C)(C)C)c3nnc(C(C)C)n3c2cc1OC. The molecule has 0 aliphatic heterocycles. The lowest BCUT2D eigenvalue weighted by atomic mass is 10.2. The van der Waals surface area contributed by atoms with E-state index >= 15 is 0 Å². The van der Waals surface area contributed by atoms with E-state index in [-0.39, 0.29) is 5.92 Å². The van der Waals surface area contributed by atoms with Crippen molar-refractivity contribution < 1.29 is 19.0 Å². The summed E-state index contributed by atoms with van der Waals surface area (Å²) in [5.41, 5.74) is 1.75. The fourth-order valence-electron chi connectivity index (χ4n) is 3.44. The number of hydrogen-bond acceptors (Lipinski definition) is 8. The van der Waals surface area contributed by atoms with Crippen LogP contribution in [0.2, 0.25) is 0 Å². The van der Waals surface area contributed by atoms with Crippen LogP contribution in [0.3, 0.4) is 0 Å². The van der Waals surface area contributed by atoms with Crippen LogP contribution in [0.25, 0.3) is 16.7 Å². The van der Waals surface area contributed by atoms with Crippen LogP contribution in [0.1, 0.15) is 59.2 Å². The molecule has 0 aliphatic rings.